The van der Waals surface area contributed by atoms with Crippen LogP contribution in [0.2, 0.25) is 5.15 Å². The second-order valence-electron chi connectivity index (χ2n) is 5.09. The second-order valence-corrected chi connectivity index (χ2v) is 5.45. The Bertz CT molecular complexity index is 574. The first-order valence-electron chi connectivity index (χ1n) is 6.51. The predicted octanol–water partition coefficient (Wildman–Crippen LogP) is 3.66. The summed E-state index contributed by atoms with van der Waals surface area (Å²) >= 11 is 6.34. The first-order chi connectivity index (χ1) is 8.74. The molecular weight excluding hydrogens is 244 g/mol. The van der Waals surface area contributed by atoms with Crippen LogP contribution < -0.4 is 5.32 Å². The summed E-state index contributed by atoms with van der Waals surface area (Å²) in [6.07, 6.45) is 2.30. The van der Waals surface area contributed by atoms with E-state index in [1.54, 1.807) is 0 Å². The summed E-state index contributed by atoms with van der Waals surface area (Å²) in [5.74, 6) is 0.552. The van der Waals surface area contributed by atoms with Crippen LogP contribution in [0.5, 0.6) is 0 Å². The highest BCUT2D eigenvalue weighted by atomic mass is 35.5. The molecule has 0 bridgehead atoms. The molecule has 2 heterocycles. The van der Waals surface area contributed by atoms with Gasteiger partial charge in [-0.25, -0.2) is 4.98 Å². The smallest absolute Gasteiger partial charge is 0.133 e. The SMILES string of the molecule is Cc1ccc2nc(Cl)c(C3CCNCC3)cc2c1. The Morgan fingerprint density at radius 2 is 2.00 bits per heavy atom. The van der Waals surface area contributed by atoms with Gasteiger partial charge in [0.2, 0.25) is 0 Å². The van der Waals surface area contributed by atoms with E-state index in [4.69, 9.17) is 11.6 Å². The van der Waals surface area contributed by atoms with Crippen molar-refractivity contribution in [1.29, 1.82) is 0 Å². The Hall–Kier alpha value is -1.12. The Morgan fingerprint density at radius 3 is 2.78 bits per heavy atom. The van der Waals surface area contributed by atoms with Crippen molar-refractivity contribution in [1.82, 2.24) is 10.3 Å². The lowest BCUT2D eigenvalue weighted by atomic mass is 9.90. The van der Waals surface area contributed by atoms with E-state index in [2.05, 4.69) is 35.4 Å². The lowest BCUT2D eigenvalue weighted by Crippen LogP contribution is -2.26. The van der Waals surface area contributed by atoms with Crippen molar-refractivity contribution >= 4 is 22.5 Å². The maximum Gasteiger partial charge on any atom is 0.133 e. The van der Waals surface area contributed by atoms with Gasteiger partial charge in [0.15, 0.2) is 0 Å². The molecule has 2 aromatic rings. The standard InChI is InChI=1S/C15H17ClN2/c1-10-2-3-14-12(8-10)9-13(15(16)18-14)11-4-6-17-7-5-11/h2-3,8-9,11,17H,4-7H2,1H3. The number of halogens is 1. The molecule has 0 unspecified atom stereocenters. The van der Waals surface area contributed by atoms with Crippen molar-refractivity contribution in [3.8, 4) is 0 Å². The Kier molecular flexibility index (Phi) is 3.23. The highest BCUT2D eigenvalue weighted by Gasteiger charge is 2.19. The average Bonchev–Trinajstić information content (AvgIpc) is 2.39. The molecule has 94 valence electrons. The van der Waals surface area contributed by atoms with E-state index in [0.717, 1.165) is 31.4 Å². The first kappa shape index (κ1) is 11.9. The molecule has 0 amide bonds. The number of hydrogen-bond acceptors (Lipinski definition) is 2. The zero-order valence-electron chi connectivity index (χ0n) is 10.5. The lowest BCUT2D eigenvalue weighted by Gasteiger charge is -2.23. The number of benzene rings is 1. The van der Waals surface area contributed by atoms with Crippen LogP contribution in [0.3, 0.4) is 0 Å². The van der Waals surface area contributed by atoms with Crippen LogP contribution in [0.4, 0.5) is 0 Å². The summed E-state index contributed by atoms with van der Waals surface area (Å²) in [5.41, 5.74) is 3.47. The van der Waals surface area contributed by atoms with Gasteiger partial charge in [0.1, 0.15) is 5.15 Å². The third kappa shape index (κ3) is 2.23. The lowest BCUT2D eigenvalue weighted by molar-refractivity contribution is 0.460. The maximum atomic E-state index is 6.34. The van der Waals surface area contributed by atoms with Gasteiger partial charge in [0.25, 0.3) is 0 Å². The first-order valence-corrected chi connectivity index (χ1v) is 6.89. The summed E-state index contributed by atoms with van der Waals surface area (Å²) in [6.45, 7) is 4.26. The van der Waals surface area contributed by atoms with Gasteiger partial charge in [-0.15, -0.1) is 0 Å². The molecule has 1 saturated heterocycles. The Labute approximate surface area is 112 Å². The van der Waals surface area contributed by atoms with E-state index in [-0.39, 0.29) is 0 Å². The normalized spacial score (nSPS) is 17.2. The van der Waals surface area contributed by atoms with Gasteiger partial charge in [-0.1, -0.05) is 23.2 Å². The molecule has 3 rings (SSSR count). The molecule has 0 atom stereocenters. The topological polar surface area (TPSA) is 24.9 Å². The number of rotatable bonds is 1. The van der Waals surface area contributed by atoms with Gasteiger partial charge in [0.05, 0.1) is 5.52 Å². The fraction of sp³-hybridized carbons (Fsp3) is 0.400. The largest absolute Gasteiger partial charge is 0.317 e. The van der Waals surface area contributed by atoms with Gasteiger partial charge >= 0.3 is 0 Å². The molecule has 2 nitrogen and oxygen atoms in total. The monoisotopic (exact) mass is 260 g/mol. The Balaban J connectivity index is 2.07. The molecule has 1 aromatic carbocycles. The zero-order valence-corrected chi connectivity index (χ0v) is 11.3. The average molecular weight is 261 g/mol. The number of pyridine rings is 1. The van der Waals surface area contributed by atoms with Crippen molar-refractivity contribution < 1.29 is 0 Å². The number of nitrogens with one attached hydrogen (secondary N) is 1. The molecule has 1 N–H and O–H groups in total. The van der Waals surface area contributed by atoms with Gasteiger partial charge < -0.3 is 5.32 Å². The molecule has 3 heteroatoms. The maximum absolute atomic E-state index is 6.34. The quantitative estimate of drug-likeness (QED) is 0.792. The molecule has 18 heavy (non-hydrogen) atoms. The molecule has 0 saturated carbocycles. The molecule has 0 aliphatic carbocycles. The van der Waals surface area contributed by atoms with Crippen LogP contribution in [-0.4, -0.2) is 18.1 Å². The van der Waals surface area contributed by atoms with E-state index in [1.807, 2.05) is 6.07 Å². The van der Waals surface area contributed by atoms with Gasteiger partial charge in [-0.05, 0) is 62.5 Å². The number of aromatic nitrogens is 1. The predicted molar refractivity (Wildman–Crippen MR) is 76.3 cm³/mol. The minimum Gasteiger partial charge on any atom is -0.317 e. The van der Waals surface area contributed by atoms with Gasteiger partial charge in [0, 0.05) is 5.39 Å². The van der Waals surface area contributed by atoms with E-state index < -0.39 is 0 Å². The van der Waals surface area contributed by atoms with E-state index in [1.165, 1.54) is 16.5 Å². The van der Waals surface area contributed by atoms with E-state index in [9.17, 15) is 0 Å². The molecule has 1 aliphatic heterocycles. The van der Waals surface area contributed by atoms with Crippen LogP contribution in [0, 0.1) is 6.92 Å². The van der Waals surface area contributed by atoms with Crippen molar-refractivity contribution in [3.05, 3.63) is 40.5 Å². The summed E-state index contributed by atoms with van der Waals surface area (Å²) in [4.78, 5) is 4.54. The third-order valence-corrected chi connectivity index (χ3v) is 4.03. The molecule has 1 aromatic heterocycles. The van der Waals surface area contributed by atoms with Crippen LogP contribution in [0.1, 0.15) is 29.9 Å². The summed E-state index contributed by atoms with van der Waals surface area (Å²) in [6, 6.07) is 8.54. The van der Waals surface area contributed by atoms with Crippen molar-refractivity contribution in [2.75, 3.05) is 13.1 Å². The molecule has 0 radical (unpaired) electrons. The number of piperidine rings is 1. The number of fused-ring (bicyclic) bond motifs is 1. The van der Waals surface area contributed by atoms with Crippen LogP contribution in [-0.2, 0) is 0 Å². The highest BCUT2D eigenvalue weighted by molar-refractivity contribution is 6.30. The second kappa shape index (κ2) is 4.87. The van der Waals surface area contributed by atoms with E-state index >= 15 is 0 Å². The summed E-state index contributed by atoms with van der Waals surface area (Å²) < 4.78 is 0. The van der Waals surface area contributed by atoms with Gasteiger partial charge in [-0.3, -0.25) is 0 Å². The minimum absolute atomic E-state index is 0.552. The van der Waals surface area contributed by atoms with Crippen molar-refractivity contribution in [3.63, 3.8) is 0 Å². The number of hydrogen-bond donors (Lipinski definition) is 1. The Morgan fingerprint density at radius 1 is 1.22 bits per heavy atom. The zero-order chi connectivity index (χ0) is 12.5. The molecule has 1 aliphatic rings. The van der Waals surface area contributed by atoms with Crippen molar-refractivity contribution in [2.45, 2.75) is 25.7 Å². The molecular formula is C15H17ClN2. The minimum atomic E-state index is 0.552. The number of aryl methyl sites for hydroxylation is 1. The summed E-state index contributed by atoms with van der Waals surface area (Å²) in [5, 5.41) is 5.27. The van der Waals surface area contributed by atoms with Crippen molar-refractivity contribution in [2.24, 2.45) is 0 Å². The molecule has 0 spiro atoms. The fourth-order valence-electron chi connectivity index (χ4n) is 2.71. The van der Waals surface area contributed by atoms with Crippen LogP contribution in [0.25, 0.3) is 10.9 Å². The molecule has 1 fully saturated rings. The highest BCUT2D eigenvalue weighted by Crippen LogP contribution is 2.32. The van der Waals surface area contributed by atoms with E-state index in [0.29, 0.717) is 11.1 Å². The summed E-state index contributed by atoms with van der Waals surface area (Å²) in [7, 11) is 0. The third-order valence-electron chi connectivity index (χ3n) is 3.73. The van der Waals surface area contributed by atoms with Gasteiger partial charge in [-0.2, -0.15) is 0 Å². The van der Waals surface area contributed by atoms with Crippen LogP contribution in [0.15, 0.2) is 24.3 Å². The fourth-order valence-corrected chi connectivity index (χ4v) is 3.01. The number of nitrogens with zero attached hydrogens (tertiary/aromatic N) is 1. The van der Waals surface area contributed by atoms with Crippen LogP contribution >= 0.6 is 11.6 Å².